The van der Waals surface area contributed by atoms with Gasteiger partial charge < -0.3 is 10.1 Å². The third kappa shape index (κ3) is 3.79. The van der Waals surface area contributed by atoms with Gasteiger partial charge in [-0.2, -0.15) is 4.31 Å². The molecule has 0 aliphatic carbocycles. The average molecular weight is 387 g/mol. The molecule has 2 unspecified atom stereocenters. The first-order valence-corrected chi connectivity index (χ1v) is 8.82. The van der Waals surface area contributed by atoms with Crippen LogP contribution in [-0.4, -0.2) is 44.3 Å². The number of nitrogens with one attached hydrogen (secondary N) is 1. The van der Waals surface area contributed by atoms with Crippen LogP contribution in [0, 0.1) is 0 Å². The van der Waals surface area contributed by atoms with Crippen molar-refractivity contribution in [2.24, 2.45) is 0 Å². The van der Waals surface area contributed by atoms with Crippen molar-refractivity contribution >= 4 is 22.4 Å². The number of nitrogens with zero attached hydrogens (tertiary/aromatic N) is 1. The summed E-state index contributed by atoms with van der Waals surface area (Å²) in [6, 6.07) is 4.49. The summed E-state index contributed by atoms with van der Waals surface area (Å²) in [7, 11) is -4.06. The van der Waals surface area contributed by atoms with Crippen molar-refractivity contribution in [3.63, 3.8) is 0 Å². The summed E-state index contributed by atoms with van der Waals surface area (Å²) in [5, 5.41) is 3.17. The summed E-state index contributed by atoms with van der Waals surface area (Å²) in [4.78, 5) is -0.434. The minimum Gasteiger partial charge on any atom is -0.404 e. The first-order valence-electron chi connectivity index (χ1n) is 7.38. The van der Waals surface area contributed by atoms with E-state index in [1.807, 2.05) is 0 Å². The molecule has 0 amide bonds. The number of ether oxygens (including phenoxy) is 1. The van der Waals surface area contributed by atoms with Crippen molar-refractivity contribution in [3.8, 4) is 5.75 Å². The minimum absolute atomic E-state index is 0. The molecule has 1 N–H and O–H groups in total. The zero-order chi connectivity index (χ0) is 16.7. The number of benzene rings is 1. The fourth-order valence-electron chi connectivity index (χ4n) is 3.32. The van der Waals surface area contributed by atoms with E-state index in [1.54, 1.807) is 0 Å². The van der Waals surface area contributed by atoms with Crippen molar-refractivity contribution in [2.45, 2.75) is 42.6 Å². The van der Waals surface area contributed by atoms with Crippen molar-refractivity contribution < 1.29 is 26.3 Å². The van der Waals surface area contributed by atoms with Crippen molar-refractivity contribution in [1.82, 2.24) is 9.62 Å². The molecule has 0 saturated carbocycles. The summed E-state index contributed by atoms with van der Waals surface area (Å²) >= 11 is 0. The second-order valence-electron chi connectivity index (χ2n) is 5.71. The van der Waals surface area contributed by atoms with Crippen LogP contribution >= 0.6 is 12.4 Å². The first kappa shape index (κ1) is 19.3. The maximum atomic E-state index is 13.0. The third-order valence-corrected chi connectivity index (χ3v) is 6.26. The van der Waals surface area contributed by atoms with E-state index in [1.165, 1.54) is 16.4 Å². The minimum atomic E-state index is -4.94. The van der Waals surface area contributed by atoms with E-state index in [-0.39, 0.29) is 24.5 Å². The normalized spacial score (nSPS) is 25.0. The fraction of sp³-hybridized carbons (Fsp3) is 0.571. The third-order valence-electron chi connectivity index (χ3n) is 4.22. The molecule has 2 aliphatic rings. The average Bonchev–Trinajstić information content (AvgIpc) is 2.71. The molecule has 2 saturated heterocycles. The number of hydrogen-bond acceptors (Lipinski definition) is 4. The Labute approximate surface area is 144 Å². The molecule has 2 heterocycles. The van der Waals surface area contributed by atoms with Crippen molar-refractivity contribution in [2.75, 3.05) is 13.1 Å². The molecule has 0 radical (unpaired) electrons. The lowest BCUT2D eigenvalue weighted by Gasteiger charge is -2.27. The molecule has 24 heavy (non-hydrogen) atoms. The van der Waals surface area contributed by atoms with Crippen LogP contribution in [0.3, 0.4) is 0 Å². The van der Waals surface area contributed by atoms with Crippen molar-refractivity contribution in [1.29, 1.82) is 0 Å². The highest BCUT2D eigenvalue weighted by Crippen LogP contribution is 2.37. The van der Waals surface area contributed by atoms with Crippen LogP contribution in [0.5, 0.6) is 5.75 Å². The van der Waals surface area contributed by atoms with E-state index in [9.17, 15) is 21.6 Å². The van der Waals surface area contributed by atoms with Crippen LogP contribution in [0.15, 0.2) is 29.2 Å². The maximum absolute atomic E-state index is 13.0. The molecule has 5 nitrogen and oxygen atoms in total. The smallest absolute Gasteiger partial charge is 0.404 e. The quantitative estimate of drug-likeness (QED) is 0.867. The largest absolute Gasteiger partial charge is 0.573 e. The van der Waals surface area contributed by atoms with E-state index in [0.717, 1.165) is 18.6 Å². The molecule has 1 aromatic carbocycles. The van der Waals surface area contributed by atoms with Gasteiger partial charge >= 0.3 is 6.36 Å². The van der Waals surface area contributed by atoms with Gasteiger partial charge in [-0.1, -0.05) is 12.1 Å². The zero-order valence-corrected chi connectivity index (χ0v) is 14.3. The highest BCUT2D eigenvalue weighted by Gasteiger charge is 2.44. The SMILES string of the molecule is Cl.O=S(=O)(c1ccccc1OC(F)(F)F)N1C2CCNCC1CC2. The lowest BCUT2D eigenvalue weighted by Crippen LogP contribution is -2.42. The number of sulfonamides is 1. The lowest BCUT2D eigenvalue weighted by atomic mass is 10.1. The van der Waals surface area contributed by atoms with Crippen LogP contribution < -0.4 is 10.1 Å². The Morgan fingerprint density at radius 3 is 2.50 bits per heavy atom. The van der Waals surface area contributed by atoms with Gasteiger partial charge in [-0.05, 0) is 37.9 Å². The van der Waals surface area contributed by atoms with Gasteiger partial charge in [0.25, 0.3) is 0 Å². The van der Waals surface area contributed by atoms with Gasteiger partial charge in [-0.3, -0.25) is 0 Å². The Bertz CT molecular complexity index is 670. The molecule has 3 rings (SSSR count). The van der Waals surface area contributed by atoms with E-state index in [2.05, 4.69) is 10.1 Å². The topological polar surface area (TPSA) is 58.6 Å². The Morgan fingerprint density at radius 2 is 1.79 bits per heavy atom. The Balaban J connectivity index is 0.00000208. The van der Waals surface area contributed by atoms with Gasteiger partial charge in [-0.15, -0.1) is 25.6 Å². The number of fused-ring (bicyclic) bond motifs is 2. The second kappa shape index (κ2) is 7.07. The fourth-order valence-corrected chi connectivity index (χ4v) is 5.33. The molecular formula is C14H18ClF3N2O3S. The number of alkyl halides is 3. The molecule has 2 atom stereocenters. The van der Waals surface area contributed by atoms with Gasteiger partial charge in [0.1, 0.15) is 10.6 Å². The van der Waals surface area contributed by atoms with Crippen LogP contribution in [0.4, 0.5) is 13.2 Å². The predicted octanol–water partition coefficient (Wildman–Crippen LogP) is 2.52. The summed E-state index contributed by atoms with van der Waals surface area (Å²) in [6.45, 7) is 1.21. The standard InChI is InChI=1S/C14H17F3N2O3S.ClH/c15-14(16,17)22-12-3-1-2-4-13(12)23(20,21)19-10-5-6-11(19)9-18-8-7-10;/h1-4,10-11,18H,5-9H2;1H. The first-order chi connectivity index (χ1) is 10.8. The van der Waals surface area contributed by atoms with Gasteiger partial charge in [0.2, 0.25) is 10.0 Å². The van der Waals surface area contributed by atoms with Gasteiger partial charge in [0.05, 0.1) is 0 Å². The van der Waals surface area contributed by atoms with Gasteiger partial charge in [0.15, 0.2) is 0 Å². The zero-order valence-electron chi connectivity index (χ0n) is 12.6. The lowest BCUT2D eigenvalue weighted by molar-refractivity contribution is -0.275. The second-order valence-corrected chi connectivity index (χ2v) is 7.52. The Morgan fingerprint density at radius 1 is 1.12 bits per heavy atom. The summed E-state index contributed by atoms with van der Waals surface area (Å²) < 4.78 is 68.8. The highest BCUT2D eigenvalue weighted by atomic mass is 35.5. The number of rotatable bonds is 3. The van der Waals surface area contributed by atoms with E-state index >= 15 is 0 Å². The summed E-state index contributed by atoms with van der Waals surface area (Å²) in [5.74, 6) is -0.684. The molecule has 2 fully saturated rings. The molecule has 2 bridgehead atoms. The van der Waals surface area contributed by atoms with Gasteiger partial charge in [0, 0.05) is 18.6 Å². The highest BCUT2D eigenvalue weighted by molar-refractivity contribution is 7.89. The molecule has 0 aromatic heterocycles. The van der Waals surface area contributed by atoms with E-state index < -0.39 is 27.0 Å². The van der Waals surface area contributed by atoms with Crippen LogP contribution in [-0.2, 0) is 10.0 Å². The van der Waals surface area contributed by atoms with E-state index in [0.29, 0.717) is 25.9 Å². The molecule has 1 aromatic rings. The summed E-state index contributed by atoms with van der Waals surface area (Å²) in [6.07, 6.45) is -2.85. The van der Waals surface area contributed by atoms with Crippen LogP contribution in [0.1, 0.15) is 19.3 Å². The Hall–Kier alpha value is -1.03. The molecule has 136 valence electrons. The number of para-hydroxylation sites is 1. The molecule has 0 spiro atoms. The van der Waals surface area contributed by atoms with Gasteiger partial charge in [-0.25, -0.2) is 8.42 Å². The monoisotopic (exact) mass is 386 g/mol. The summed E-state index contributed by atoms with van der Waals surface area (Å²) in [5.41, 5.74) is 0. The van der Waals surface area contributed by atoms with Crippen LogP contribution in [0.25, 0.3) is 0 Å². The van der Waals surface area contributed by atoms with E-state index in [4.69, 9.17) is 0 Å². The predicted molar refractivity (Wildman–Crippen MR) is 83.7 cm³/mol. The number of hydrogen-bond donors (Lipinski definition) is 1. The molecule has 10 heteroatoms. The Kier molecular flexibility index (Phi) is 5.68. The molecule has 2 aliphatic heterocycles. The maximum Gasteiger partial charge on any atom is 0.573 e. The number of halogens is 4. The van der Waals surface area contributed by atoms with Crippen molar-refractivity contribution in [3.05, 3.63) is 24.3 Å². The van der Waals surface area contributed by atoms with Crippen LogP contribution in [0.2, 0.25) is 0 Å². The molecular weight excluding hydrogens is 369 g/mol.